The Hall–Kier alpha value is -2.69. The van der Waals surface area contributed by atoms with Crippen molar-refractivity contribution in [2.45, 2.75) is 41.9 Å². The van der Waals surface area contributed by atoms with E-state index in [4.69, 9.17) is 0 Å². The third-order valence-electron chi connectivity index (χ3n) is 7.95. The Kier molecular flexibility index (Phi) is 12.5. The van der Waals surface area contributed by atoms with Gasteiger partial charge in [0.25, 0.3) is 0 Å². The minimum absolute atomic E-state index is 0.0362. The second kappa shape index (κ2) is 15.9. The number of nitrogens with one attached hydrogen (secondary N) is 2. The van der Waals surface area contributed by atoms with Crippen molar-refractivity contribution in [2.24, 2.45) is 0 Å². The molecule has 0 atom stereocenters. The smallest absolute Gasteiger partial charge is 0.243 e. The van der Waals surface area contributed by atoms with Gasteiger partial charge in [-0.05, 0) is 70.1 Å². The van der Waals surface area contributed by atoms with E-state index in [0.29, 0.717) is 26.1 Å². The minimum atomic E-state index is -3.96. The molecule has 46 heavy (non-hydrogen) atoms. The molecule has 2 N–H and O–H groups in total. The molecule has 3 aromatic rings. The fourth-order valence-electron chi connectivity index (χ4n) is 5.10. The van der Waals surface area contributed by atoms with Crippen molar-refractivity contribution in [3.05, 3.63) is 89.5 Å². The van der Waals surface area contributed by atoms with Gasteiger partial charge in [-0.1, -0.05) is 53.1 Å². The van der Waals surface area contributed by atoms with Gasteiger partial charge in [0, 0.05) is 58.9 Å². The molecule has 0 aromatic heterocycles. The first-order valence-electron chi connectivity index (χ1n) is 15.4. The molecule has 252 valence electrons. The molecule has 0 radical (unpaired) electrons. The summed E-state index contributed by atoms with van der Waals surface area (Å²) in [4.78, 5) is 0.476. The van der Waals surface area contributed by atoms with Gasteiger partial charge in [0.15, 0.2) is 0 Å². The molecule has 4 rings (SSSR count). The molecule has 0 aliphatic carbocycles. The first-order valence-corrected chi connectivity index (χ1v) is 19.8. The molecular formula is C32H45N5O6S3. The third-order valence-corrected chi connectivity index (χ3v) is 13.7. The van der Waals surface area contributed by atoms with Crippen molar-refractivity contribution < 1.29 is 25.3 Å². The van der Waals surface area contributed by atoms with E-state index in [1.54, 1.807) is 72.8 Å². The molecule has 1 aliphatic heterocycles. The normalized spacial score (nSPS) is 18.3. The van der Waals surface area contributed by atoms with Crippen LogP contribution < -0.4 is 10.6 Å². The maximum Gasteiger partial charge on any atom is 0.243 e. The zero-order valence-corrected chi connectivity index (χ0v) is 29.2. The standard InChI is InChI=1S/C32H45N5O6S3/c1-27-5-11-30(12-6-27)44(38,39)35-21-4-17-33-18-23-36(45(40,41)31-13-7-28(2)8-14-31)25-26-37(24-20-34-19-22-35)46(42,43)32-15-9-29(3)10-16-32/h5-16,33-34H,4,17-26H2,1-3H3. The molecular weight excluding hydrogens is 647 g/mol. The maximum atomic E-state index is 13.8. The summed E-state index contributed by atoms with van der Waals surface area (Å²) in [6.45, 7) is 7.54. The second-order valence-electron chi connectivity index (χ2n) is 11.5. The van der Waals surface area contributed by atoms with Crippen molar-refractivity contribution in [3.63, 3.8) is 0 Å². The van der Waals surface area contributed by atoms with Crippen LogP contribution in [0.25, 0.3) is 0 Å². The number of hydrogen-bond acceptors (Lipinski definition) is 8. The quantitative estimate of drug-likeness (QED) is 0.403. The maximum absolute atomic E-state index is 13.8. The van der Waals surface area contributed by atoms with Crippen LogP contribution in [0.5, 0.6) is 0 Å². The molecule has 1 saturated heterocycles. The first-order chi connectivity index (χ1) is 21.8. The Balaban J connectivity index is 1.59. The van der Waals surface area contributed by atoms with Crippen LogP contribution in [-0.2, 0) is 30.1 Å². The summed E-state index contributed by atoms with van der Waals surface area (Å²) >= 11 is 0. The Morgan fingerprint density at radius 2 is 0.696 bits per heavy atom. The zero-order valence-electron chi connectivity index (χ0n) is 26.7. The van der Waals surface area contributed by atoms with Gasteiger partial charge in [0.1, 0.15) is 0 Å². The van der Waals surface area contributed by atoms with Crippen molar-refractivity contribution in [1.29, 1.82) is 0 Å². The molecule has 0 unspecified atom stereocenters. The van der Waals surface area contributed by atoms with Crippen LogP contribution in [0.3, 0.4) is 0 Å². The van der Waals surface area contributed by atoms with Gasteiger partial charge in [-0.2, -0.15) is 12.9 Å². The molecule has 11 nitrogen and oxygen atoms in total. The zero-order chi connectivity index (χ0) is 33.4. The van der Waals surface area contributed by atoms with E-state index in [1.807, 2.05) is 20.8 Å². The number of hydrogen-bond donors (Lipinski definition) is 2. The highest BCUT2D eigenvalue weighted by molar-refractivity contribution is 7.89. The van der Waals surface area contributed by atoms with Crippen LogP contribution in [0.2, 0.25) is 0 Å². The van der Waals surface area contributed by atoms with E-state index in [0.717, 1.165) is 16.7 Å². The van der Waals surface area contributed by atoms with E-state index < -0.39 is 30.1 Å². The highest BCUT2D eigenvalue weighted by Gasteiger charge is 2.29. The fraction of sp³-hybridized carbons (Fsp3) is 0.438. The van der Waals surface area contributed by atoms with Gasteiger partial charge < -0.3 is 10.6 Å². The first kappa shape index (κ1) is 36.2. The lowest BCUT2D eigenvalue weighted by atomic mass is 10.2. The number of rotatable bonds is 6. The largest absolute Gasteiger partial charge is 0.315 e. The van der Waals surface area contributed by atoms with Crippen molar-refractivity contribution in [2.75, 3.05) is 65.4 Å². The molecule has 0 bridgehead atoms. The van der Waals surface area contributed by atoms with Gasteiger partial charge in [-0.15, -0.1) is 0 Å². The monoisotopic (exact) mass is 691 g/mol. The highest BCUT2D eigenvalue weighted by Crippen LogP contribution is 2.20. The van der Waals surface area contributed by atoms with Crippen LogP contribution in [0, 0.1) is 20.8 Å². The summed E-state index contributed by atoms with van der Waals surface area (Å²) in [7, 11) is -11.6. The van der Waals surface area contributed by atoms with E-state index in [1.165, 1.54) is 12.9 Å². The average Bonchev–Trinajstić information content (AvgIpc) is 3.01. The van der Waals surface area contributed by atoms with Crippen LogP contribution in [0.4, 0.5) is 0 Å². The van der Waals surface area contributed by atoms with Gasteiger partial charge in [0.05, 0.1) is 14.7 Å². The van der Waals surface area contributed by atoms with Crippen LogP contribution in [0.15, 0.2) is 87.5 Å². The lowest BCUT2D eigenvalue weighted by Crippen LogP contribution is -2.46. The fourth-order valence-corrected chi connectivity index (χ4v) is 9.44. The second-order valence-corrected chi connectivity index (χ2v) is 17.3. The van der Waals surface area contributed by atoms with Crippen molar-refractivity contribution in [3.8, 4) is 0 Å². The molecule has 0 amide bonds. The van der Waals surface area contributed by atoms with E-state index >= 15 is 0 Å². The van der Waals surface area contributed by atoms with Gasteiger partial charge in [0.2, 0.25) is 30.1 Å². The predicted molar refractivity (Wildman–Crippen MR) is 180 cm³/mol. The number of benzene rings is 3. The Morgan fingerprint density at radius 3 is 1.02 bits per heavy atom. The van der Waals surface area contributed by atoms with Gasteiger partial charge in [-0.25, -0.2) is 25.3 Å². The molecule has 1 aliphatic rings. The Labute approximate surface area is 274 Å². The van der Waals surface area contributed by atoms with Crippen molar-refractivity contribution >= 4 is 30.1 Å². The van der Waals surface area contributed by atoms with E-state index in [9.17, 15) is 25.3 Å². The lowest BCUT2D eigenvalue weighted by molar-refractivity contribution is 0.332. The number of aryl methyl sites for hydroxylation is 3. The number of sulfonamides is 3. The van der Waals surface area contributed by atoms with Crippen molar-refractivity contribution in [1.82, 2.24) is 23.5 Å². The minimum Gasteiger partial charge on any atom is -0.315 e. The van der Waals surface area contributed by atoms with Gasteiger partial charge >= 0.3 is 0 Å². The van der Waals surface area contributed by atoms with E-state index in [-0.39, 0.29) is 60.5 Å². The molecule has 3 aromatic carbocycles. The molecule has 0 spiro atoms. The highest BCUT2D eigenvalue weighted by atomic mass is 32.2. The van der Waals surface area contributed by atoms with Gasteiger partial charge in [-0.3, -0.25) is 0 Å². The Morgan fingerprint density at radius 1 is 0.413 bits per heavy atom. The molecule has 1 heterocycles. The third kappa shape index (κ3) is 9.22. The summed E-state index contributed by atoms with van der Waals surface area (Å²) in [5, 5.41) is 6.45. The predicted octanol–water partition coefficient (Wildman–Crippen LogP) is 2.57. The topological polar surface area (TPSA) is 136 Å². The van der Waals surface area contributed by atoms with E-state index in [2.05, 4.69) is 10.6 Å². The number of nitrogens with zero attached hydrogens (tertiary/aromatic N) is 3. The summed E-state index contributed by atoms with van der Waals surface area (Å²) in [6.07, 6.45) is 0.526. The summed E-state index contributed by atoms with van der Waals surface area (Å²) in [5.41, 5.74) is 2.80. The average molecular weight is 692 g/mol. The van der Waals surface area contributed by atoms with Crippen LogP contribution in [0.1, 0.15) is 23.1 Å². The Bertz CT molecular complexity index is 1750. The molecule has 14 heteroatoms. The molecule has 0 saturated carbocycles. The SMILES string of the molecule is Cc1ccc(S(=O)(=O)N2CCCNCCN(S(=O)(=O)c3ccc(C)cc3)CCN(S(=O)(=O)c3ccc(C)cc3)CCNCC2)cc1. The van der Waals surface area contributed by atoms with Crippen LogP contribution in [-0.4, -0.2) is 104 Å². The van der Waals surface area contributed by atoms with Crippen LogP contribution >= 0.6 is 0 Å². The summed E-state index contributed by atoms with van der Waals surface area (Å²) in [5.74, 6) is 0. The summed E-state index contributed by atoms with van der Waals surface area (Å²) < 4.78 is 86.2. The summed E-state index contributed by atoms with van der Waals surface area (Å²) in [6, 6.07) is 19.9. The molecule has 1 fully saturated rings. The lowest BCUT2D eigenvalue weighted by Gasteiger charge is -2.28.